The van der Waals surface area contributed by atoms with Gasteiger partial charge in [0, 0.05) is 29.5 Å². The van der Waals surface area contributed by atoms with Gasteiger partial charge in [-0.25, -0.2) is 13.4 Å². The van der Waals surface area contributed by atoms with E-state index in [0.29, 0.717) is 11.4 Å². The number of rotatable bonds is 3. The number of hydrogen-bond acceptors (Lipinski definition) is 7. The lowest BCUT2D eigenvalue weighted by Crippen LogP contribution is -2.13. The fourth-order valence-corrected chi connectivity index (χ4v) is 3.07. The van der Waals surface area contributed by atoms with Crippen molar-refractivity contribution in [2.24, 2.45) is 0 Å². The zero-order chi connectivity index (χ0) is 14.6. The second kappa shape index (κ2) is 5.96. The van der Waals surface area contributed by atoms with E-state index < -0.39 is 10.0 Å². The molecule has 0 aromatic carbocycles. The predicted molar refractivity (Wildman–Crippen MR) is 73.7 cm³/mol. The van der Waals surface area contributed by atoms with Gasteiger partial charge in [0.2, 0.25) is 5.13 Å². The number of anilines is 1. The molecule has 0 aliphatic heterocycles. The van der Waals surface area contributed by atoms with Crippen molar-refractivity contribution in [1.82, 2.24) is 14.3 Å². The molecule has 0 radical (unpaired) electrons. The van der Waals surface area contributed by atoms with Gasteiger partial charge in [-0.15, -0.1) is 0 Å². The van der Waals surface area contributed by atoms with E-state index >= 15 is 0 Å². The predicted octanol–water partition coefficient (Wildman–Crippen LogP) is 0.386. The molecule has 0 aliphatic rings. The molecule has 2 N–H and O–H groups in total. The van der Waals surface area contributed by atoms with Crippen LogP contribution in [0.2, 0.25) is 0 Å². The number of aryl methyl sites for hydroxylation is 1. The number of nitrogens with one attached hydrogen (secondary N) is 1. The van der Waals surface area contributed by atoms with Crippen LogP contribution in [0.1, 0.15) is 11.4 Å². The van der Waals surface area contributed by atoms with Crippen LogP contribution in [-0.2, 0) is 10.0 Å². The van der Waals surface area contributed by atoms with Gasteiger partial charge in [-0.2, -0.15) is 4.37 Å². The Hall–Kier alpha value is -2.02. The van der Waals surface area contributed by atoms with Crippen molar-refractivity contribution in [3.8, 4) is 11.8 Å². The van der Waals surface area contributed by atoms with E-state index in [1.807, 2.05) is 0 Å². The van der Waals surface area contributed by atoms with Crippen LogP contribution in [0.3, 0.4) is 0 Å². The maximum absolute atomic E-state index is 12.1. The number of hydrogen-bond donors (Lipinski definition) is 2. The van der Waals surface area contributed by atoms with Gasteiger partial charge in [-0.1, -0.05) is 11.8 Å². The Morgan fingerprint density at radius 1 is 1.45 bits per heavy atom. The molecule has 0 amide bonds. The summed E-state index contributed by atoms with van der Waals surface area (Å²) in [6, 6.07) is 1.37. The highest BCUT2D eigenvalue weighted by Crippen LogP contribution is 2.17. The second-order valence-corrected chi connectivity index (χ2v) is 6.06. The minimum atomic E-state index is -3.78. The molecule has 2 rings (SSSR count). The monoisotopic (exact) mass is 310 g/mol. The Bertz CT molecular complexity index is 774. The molecule has 0 aliphatic carbocycles. The zero-order valence-electron chi connectivity index (χ0n) is 10.4. The molecule has 2 aromatic rings. The Morgan fingerprint density at radius 2 is 2.25 bits per heavy atom. The summed E-state index contributed by atoms with van der Waals surface area (Å²) in [5, 5.41) is 8.80. The SMILES string of the molecule is Cc1nsc(NS(=O)(=O)c2cncc(C#CCO)c2)n1. The van der Waals surface area contributed by atoms with Crippen molar-refractivity contribution in [1.29, 1.82) is 0 Å². The molecule has 0 saturated carbocycles. The summed E-state index contributed by atoms with van der Waals surface area (Å²) in [5.74, 6) is 5.51. The van der Waals surface area contributed by atoms with E-state index in [1.54, 1.807) is 6.92 Å². The Morgan fingerprint density at radius 3 is 2.90 bits per heavy atom. The van der Waals surface area contributed by atoms with Crippen molar-refractivity contribution < 1.29 is 13.5 Å². The van der Waals surface area contributed by atoms with Gasteiger partial charge >= 0.3 is 0 Å². The Kier molecular flexibility index (Phi) is 4.29. The molecule has 0 unspecified atom stereocenters. The highest BCUT2D eigenvalue weighted by Gasteiger charge is 2.17. The maximum atomic E-state index is 12.1. The fourth-order valence-electron chi connectivity index (χ4n) is 1.29. The lowest BCUT2D eigenvalue weighted by Gasteiger charge is -2.04. The van der Waals surface area contributed by atoms with Crippen LogP contribution in [0.15, 0.2) is 23.4 Å². The Balaban J connectivity index is 2.29. The van der Waals surface area contributed by atoms with Crippen LogP contribution in [0.25, 0.3) is 0 Å². The van der Waals surface area contributed by atoms with Crippen molar-refractivity contribution in [3.63, 3.8) is 0 Å². The first-order valence-electron chi connectivity index (χ1n) is 5.39. The topological polar surface area (TPSA) is 105 Å². The van der Waals surface area contributed by atoms with Crippen LogP contribution < -0.4 is 4.72 Å². The minimum Gasteiger partial charge on any atom is -0.384 e. The van der Waals surface area contributed by atoms with Gasteiger partial charge in [0.1, 0.15) is 17.3 Å². The van der Waals surface area contributed by atoms with Crippen LogP contribution >= 0.6 is 11.5 Å². The van der Waals surface area contributed by atoms with Crippen molar-refractivity contribution in [3.05, 3.63) is 29.8 Å². The molecular weight excluding hydrogens is 300 g/mol. The summed E-state index contributed by atoms with van der Waals surface area (Å²) >= 11 is 0.956. The van der Waals surface area contributed by atoms with E-state index in [1.165, 1.54) is 18.5 Å². The van der Waals surface area contributed by atoms with Crippen molar-refractivity contribution in [2.45, 2.75) is 11.8 Å². The molecule has 9 heteroatoms. The minimum absolute atomic E-state index is 0.0323. The van der Waals surface area contributed by atoms with Crippen molar-refractivity contribution in [2.75, 3.05) is 11.3 Å². The molecule has 2 heterocycles. The third-order valence-electron chi connectivity index (χ3n) is 2.08. The third kappa shape index (κ3) is 3.51. The highest BCUT2D eigenvalue weighted by atomic mass is 32.2. The first kappa shape index (κ1) is 14.4. The lowest BCUT2D eigenvalue weighted by atomic mass is 10.3. The normalized spacial score (nSPS) is 10.7. The average molecular weight is 310 g/mol. The molecule has 0 spiro atoms. The van der Waals surface area contributed by atoms with Crippen LogP contribution in [0.5, 0.6) is 0 Å². The van der Waals surface area contributed by atoms with Gasteiger partial charge in [0.15, 0.2) is 0 Å². The lowest BCUT2D eigenvalue weighted by molar-refractivity contribution is 0.350. The van der Waals surface area contributed by atoms with E-state index in [2.05, 4.69) is 30.9 Å². The maximum Gasteiger partial charge on any atom is 0.265 e. The van der Waals surface area contributed by atoms with Gasteiger partial charge in [-0.3, -0.25) is 9.71 Å². The molecular formula is C11H10N4O3S2. The largest absolute Gasteiger partial charge is 0.384 e. The van der Waals surface area contributed by atoms with Gasteiger partial charge in [0.25, 0.3) is 10.0 Å². The average Bonchev–Trinajstić information content (AvgIpc) is 2.81. The Labute approximate surface area is 119 Å². The molecule has 2 aromatic heterocycles. The van der Waals surface area contributed by atoms with Crippen LogP contribution in [0.4, 0.5) is 5.13 Å². The van der Waals surface area contributed by atoms with Gasteiger partial charge in [0.05, 0.1) is 0 Å². The fraction of sp³-hybridized carbons (Fsp3) is 0.182. The van der Waals surface area contributed by atoms with Crippen LogP contribution in [-0.4, -0.2) is 34.5 Å². The van der Waals surface area contributed by atoms with Gasteiger partial charge < -0.3 is 5.11 Å². The standard InChI is InChI=1S/C11H10N4O3S2/c1-8-13-11(19-14-8)15-20(17,18)10-5-9(3-2-4-16)6-12-7-10/h5-7,16H,4H2,1H3,(H,13,14,15). The number of pyridine rings is 1. The number of aliphatic hydroxyl groups is 1. The summed E-state index contributed by atoms with van der Waals surface area (Å²) in [5.41, 5.74) is 0.398. The van der Waals surface area contributed by atoms with Crippen LogP contribution in [0, 0.1) is 18.8 Å². The molecule has 0 bridgehead atoms. The molecule has 0 atom stereocenters. The summed E-state index contributed by atoms with van der Waals surface area (Å²) in [4.78, 5) is 7.71. The number of aliphatic hydroxyl groups excluding tert-OH is 1. The smallest absolute Gasteiger partial charge is 0.265 e. The molecule has 20 heavy (non-hydrogen) atoms. The van der Waals surface area contributed by atoms with Crippen molar-refractivity contribution >= 4 is 26.7 Å². The molecule has 104 valence electrons. The molecule has 0 saturated heterocycles. The quantitative estimate of drug-likeness (QED) is 0.794. The number of nitrogens with zero attached hydrogens (tertiary/aromatic N) is 3. The van der Waals surface area contributed by atoms with E-state index in [0.717, 1.165) is 11.5 Å². The summed E-state index contributed by atoms with van der Waals surface area (Å²) in [6.07, 6.45) is 2.62. The van der Waals surface area contributed by atoms with E-state index in [4.69, 9.17) is 5.11 Å². The van der Waals surface area contributed by atoms with E-state index in [-0.39, 0.29) is 16.6 Å². The van der Waals surface area contributed by atoms with E-state index in [9.17, 15) is 8.42 Å². The number of aromatic nitrogens is 3. The summed E-state index contributed by atoms with van der Waals surface area (Å²) < 4.78 is 30.5. The highest BCUT2D eigenvalue weighted by molar-refractivity contribution is 7.93. The molecule has 7 nitrogen and oxygen atoms in total. The second-order valence-electron chi connectivity index (χ2n) is 3.62. The summed E-state index contributed by atoms with van der Waals surface area (Å²) in [7, 11) is -3.78. The van der Waals surface area contributed by atoms with Gasteiger partial charge in [-0.05, 0) is 13.0 Å². The zero-order valence-corrected chi connectivity index (χ0v) is 12.0. The molecule has 0 fully saturated rings. The number of sulfonamides is 1. The third-order valence-corrected chi connectivity index (χ3v) is 4.24. The summed E-state index contributed by atoms with van der Waals surface area (Å²) in [6.45, 7) is 1.36. The first-order chi connectivity index (χ1) is 9.51. The first-order valence-corrected chi connectivity index (χ1v) is 7.65.